The van der Waals surface area contributed by atoms with Crippen molar-refractivity contribution in [2.24, 2.45) is 9.98 Å². The summed E-state index contributed by atoms with van der Waals surface area (Å²) < 4.78 is 0. The molecule has 2 aliphatic heterocycles. The molecule has 2 atom stereocenters. The van der Waals surface area contributed by atoms with Crippen molar-refractivity contribution in [3.05, 3.63) is 59.1 Å². The van der Waals surface area contributed by atoms with Crippen LogP contribution in [0.3, 0.4) is 0 Å². The highest BCUT2D eigenvalue weighted by Crippen LogP contribution is 2.35. The Morgan fingerprint density at radius 1 is 1.23 bits per heavy atom. The van der Waals surface area contributed by atoms with Crippen LogP contribution >= 0.6 is 23.4 Å². The van der Waals surface area contributed by atoms with Crippen LogP contribution in [-0.2, 0) is 9.59 Å². The SMILES string of the molecule is CCCC1N=C2c3ccccc3N=C(SC(C)C(=O)Nc3ccc(Cl)cc3)N2C1=O. The first-order valence-electron chi connectivity index (χ1n) is 9.81. The molecule has 0 aliphatic carbocycles. The van der Waals surface area contributed by atoms with Gasteiger partial charge in [-0.1, -0.05) is 48.8 Å². The second-order valence-corrected chi connectivity index (χ2v) is 8.84. The van der Waals surface area contributed by atoms with Gasteiger partial charge in [0.05, 0.1) is 10.9 Å². The zero-order valence-electron chi connectivity index (χ0n) is 16.6. The van der Waals surface area contributed by atoms with Gasteiger partial charge in [0.1, 0.15) is 11.9 Å². The van der Waals surface area contributed by atoms with Gasteiger partial charge in [0, 0.05) is 16.3 Å². The lowest BCUT2D eigenvalue weighted by molar-refractivity contribution is -0.124. The normalized spacial score (nSPS) is 18.3. The fourth-order valence-corrected chi connectivity index (χ4v) is 4.37. The van der Waals surface area contributed by atoms with Crippen LogP contribution in [0.2, 0.25) is 5.02 Å². The molecule has 2 aromatic carbocycles. The van der Waals surface area contributed by atoms with Crippen molar-refractivity contribution in [3.8, 4) is 0 Å². The molecule has 4 rings (SSSR count). The molecule has 0 saturated heterocycles. The third kappa shape index (κ3) is 4.00. The Morgan fingerprint density at radius 3 is 2.70 bits per heavy atom. The average Bonchev–Trinajstić information content (AvgIpc) is 3.07. The van der Waals surface area contributed by atoms with Gasteiger partial charge in [-0.05, 0) is 49.7 Å². The molecule has 30 heavy (non-hydrogen) atoms. The van der Waals surface area contributed by atoms with Gasteiger partial charge in [0.25, 0.3) is 5.91 Å². The van der Waals surface area contributed by atoms with Gasteiger partial charge in [0.15, 0.2) is 5.17 Å². The third-order valence-corrected chi connectivity index (χ3v) is 6.18. The highest BCUT2D eigenvalue weighted by Gasteiger charge is 2.41. The standard InChI is InChI=1S/C22H21ClN4O2S/c1-3-6-18-21(29)27-19(25-18)16-7-4-5-8-17(16)26-22(27)30-13(2)20(28)24-15-11-9-14(23)10-12-15/h4-5,7-13,18H,3,6H2,1-2H3,(H,24,28). The summed E-state index contributed by atoms with van der Waals surface area (Å²) in [6.07, 6.45) is 1.55. The Hall–Kier alpha value is -2.64. The lowest BCUT2D eigenvalue weighted by atomic mass is 10.1. The van der Waals surface area contributed by atoms with E-state index >= 15 is 0 Å². The van der Waals surface area contributed by atoms with Gasteiger partial charge in [-0.25, -0.2) is 9.89 Å². The topological polar surface area (TPSA) is 74.1 Å². The number of nitrogens with zero attached hydrogens (tertiary/aromatic N) is 3. The number of fused-ring (bicyclic) bond motifs is 3. The molecular weight excluding hydrogens is 420 g/mol. The Balaban J connectivity index is 1.58. The van der Waals surface area contributed by atoms with E-state index < -0.39 is 11.3 Å². The molecule has 0 radical (unpaired) electrons. The first kappa shape index (κ1) is 20.6. The number of thioether (sulfide) groups is 1. The number of carbonyl (C=O) groups is 2. The first-order valence-corrected chi connectivity index (χ1v) is 11.1. The van der Waals surface area contributed by atoms with Crippen molar-refractivity contribution < 1.29 is 9.59 Å². The number of para-hydroxylation sites is 1. The van der Waals surface area contributed by atoms with Crippen molar-refractivity contribution in [3.63, 3.8) is 0 Å². The summed E-state index contributed by atoms with van der Waals surface area (Å²) in [4.78, 5) is 36.7. The van der Waals surface area contributed by atoms with Crippen molar-refractivity contribution in [2.45, 2.75) is 38.0 Å². The molecule has 154 valence electrons. The fraction of sp³-hybridized carbons (Fsp3) is 0.273. The summed E-state index contributed by atoms with van der Waals surface area (Å²) in [7, 11) is 0. The lowest BCUT2D eigenvalue weighted by Gasteiger charge is -2.26. The number of halogens is 1. The van der Waals surface area contributed by atoms with Crippen LogP contribution in [0.15, 0.2) is 58.5 Å². The average molecular weight is 441 g/mol. The Morgan fingerprint density at radius 2 is 1.97 bits per heavy atom. The molecule has 2 amide bonds. The van der Waals surface area contributed by atoms with Crippen molar-refractivity contribution >= 4 is 57.6 Å². The summed E-state index contributed by atoms with van der Waals surface area (Å²) in [6.45, 7) is 3.82. The van der Waals surface area contributed by atoms with Crippen molar-refractivity contribution in [1.29, 1.82) is 0 Å². The number of rotatable bonds is 5. The lowest BCUT2D eigenvalue weighted by Crippen LogP contribution is -2.42. The van der Waals surface area contributed by atoms with E-state index in [-0.39, 0.29) is 11.8 Å². The zero-order chi connectivity index (χ0) is 21.3. The predicted octanol–water partition coefficient (Wildman–Crippen LogP) is 4.86. The second-order valence-electron chi connectivity index (χ2n) is 7.10. The van der Waals surface area contributed by atoms with E-state index in [1.807, 2.05) is 31.2 Å². The van der Waals surface area contributed by atoms with E-state index in [1.165, 1.54) is 11.8 Å². The van der Waals surface area contributed by atoms with Crippen LogP contribution in [0, 0.1) is 0 Å². The van der Waals surface area contributed by atoms with Gasteiger partial charge in [-0.3, -0.25) is 14.6 Å². The minimum Gasteiger partial charge on any atom is -0.325 e. The summed E-state index contributed by atoms with van der Waals surface area (Å²) in [6, 6.07) is 14.2. The van der Waals surface area contributed by atoms with Crippen LogP contribution in [0.5, 0.6) is 0 Å². The van der Waals surface area contributed by atoms with E-state index in [0.717, 1.165) is 17.7 Å². The minimum atomic E-state index is -0.469. The molecule has 1 N–H and O–H groups in total. The number of amidine groups is 2. The van der Waals surface area contributed by atoms with Crippen LogP contribution in [0.25, 0.3) is 0 Å². The molecule has 8 heteroatoms. The number of amides is 2. The van der Waals surface area contributed by atoms with Crippen LogP contribution in [0.1, 0.15) is 32.3 Å². The van der Waals surface area contributed by atoms with E-state index in [9.17, 15) is 9.59 Å². The minimum absolute atomic E-state index is 0.0853. The molecule has 2 aromatic rings. The fourth-order valence-electron chi connectivity index (χ4n) is 3.33. The number of hydrogen-bond acceptors (Lipinski definition) is 5. The molecule has 0 spiro atoms. The van der Waals surface area contributed by atoms with Crippen LogP contribution < -0.4 is 5.32 Å². The Labute approximate surface area is 184 Å². The number of anilines is 1. The van der Waals surface area contributed by atoms with Crippen LogP contribution in [-0.4, -0.2) is 39.0 Å². The number of nitrogens with one attached hydrogen (secondary N) is 1. The van der Waals surface area contributed by atoms with Crippen molar-refractivity contribution in [1.82, 2.24) is 4.90 Å². The Kier molecular flexibility index (Phi) is 5.92. The Bertz CT molecular complexity index is 1050. The maximum atomic E-state index is 13.0. The third-order valence-electron chi connectivity index (χ3n) is 4.87. The molecule has 2 unspecified atom stereocenters. The highest BCUT2D eigenvalue weighted by molar-refractivity contribution is 8.15. The molecule has 0 fully saturated rings. The van der Waals surface area contributed by atoms with E-state index in [2.05, 4.69) is 15.3 Å². The van der Waals surface area contributed by atoms with Gasteiger partial charge in [-0.15, -0.1) is 0 Å². The maximum absolute atomic E-state index is 13.0. The molecule has 0 bridgehead atoms. The smallest absolute Gasteiger partial charge is 0.259 e. The number of benzene rings is 2. The van der Waals surface area contributed by atoms with E-state index in [0.29, 0.717) is 28.1 Å². The number of carbonyl (C=O) groups excluding carboxylic acids is 2. The van der Waals surface area contributed by atoms with Crippen LogP contribution in [0.4, 0.5) is 11.4 Å². The van der Waals surface area contributed by atoms with Gasteiger partial charge < -0.3 is 5.32 Å². The van der Waals surface area contributed by atoms with Gasteiger partial charge >= 0.3 is 0 Å². The molecule has 2 aliphatic rings. The quantitative estimate of drug-likeness (QED) is 0.721. The summed E-state index contributed by atoms with van der Waals surface area (Å²) >= 11 is 7.15. The molecule has 0 saturated carbocycles. The summed E-state index contributed by atoms with van der Waals surface area (Å²) in [5, 5.41) is 3.49. The van der Waals surface area contributed by atoms with Crippen molar-refractivity contribution in [2.75, 3.05) is 5.32 Å². The molecule has 6 nitrogen and oxygen atoms in total. The zero-order valence-corrected chi connectivity index (χ0v) is 18.2. The van der Waals surface area contributed by atoms with E-state index in [4.69, 9.17) is 11.6 Å². The van der Waals surface area contributed by atoms with Gasteiger partial charge in [-0.2, -0.15) is 0 Å². The predicted molar refractivity (Wildman–Crippen MR) is 123 cm³/mol. The molecule has 2 heterocycles. The monoisotopic (exact) mass is 440 g/mol. The second kappa shape index (κ2) is 8.62. The number of hydrogen-bond donors (Lipinski definition) is 1. The molecule has 0 aromatic heterocycles. The molecular formula is C22H21ClN4O2S. The summed E-state index contributed by atoms with van der Waals surface area (Å²) in [5.74, 6) is 0.355. The van der Waals surface area contributed by atoms with Gasteiger partial charge in [0.2, 0.25) is 5.91 Å². The van der Waals surface area contributed by atoms with E-state index in [1.54, 1.807) is 36.1 Å². The highest BCUT2D eigenvalue weighted by atomic mass is 35.5. The maximum Gasteiger partial charge on any atom is 0.259 e. The summed E-state index contributed by atoms with van der Waals surface area (Å²) in [5.41, 5.74) is 2.26. The number of aliphatic imine (C=N–C) groups is 2. The first-order chi connectivity index (χ1) is 14.5. The largest absolute Gasteiger partial charge is 0.325 e.